The maximum absolute atomic E-state index is 13.8. The van der Waals surface area contributed by atoms with Gasteiger partial charge in [0.15, 0.2) is 0 Å². The van der Waals surface area contributed by atoms with Gasteiger partial charge in [0.1, 0.15) is 5.82 Å². The van der Waals surface area contributed by atoms with Crippen LogP contribution >= 0.6 is 0 Å². The smallest absolute Gasteiger partial charge is 0.237 e. The Balaban J connectivity index is 1.76. The predicted molar refractivity (Wildman–Crippen MR) is 93.7 cm³/mol. The van der Waals surface area contributed by atoms with E-state index in [9.17, 15) is 9.18 Å². The molecule has 2 saturated heterocycles. The first kappa shape index (κ1) is 17.2. The van der Waals surface area contributed by atoms with Gasteiger partial charge in [-0.15, -0.1) is 0 Å². The Morgan fingerprint density at radius 3 is 2.71 bits per heavy atom. The van der Waals surface area contributed by atoms with E-state index in [0.717, 1.165) is 50.4 Å². The molecule has 0 aromatic heterocycles. The van der Waals surface area contributed by atoms with E-state index in [2.05, 4.69) is 27.4 Å². The van der Waals surface area contributed by atoms with E-state index in [1.54, 1.807) is 6.07 Å². The molecule has 132 valence electrons. The fourth-order valence-electron chi connectivity index (χ4n) is 3.61. The maximum atomic E-state index is 13.8. The van der Waals surface area contributed by atoms with Crippen LogP contribution in [0.5, 0.6) is 0 Å². The molecule has 2 fully saturated rings. The van der Waals surface area contributed by atoms with E-state index in [4.69, 9.17) is 0 Å². The van der Waals surface area contributed by atoms with Crippen LogP contribution in [0, 0.1) is 5.82 Å². The highest BCUT2D eigenvalue weighted by molar-refractivity contribution is 5.83. The topological polar surface area (TPSA) is 47.6 Å². The largest absolute Gasteiger partial charge is 0.369 e. The fraction of sp³-hybridized carbons (Fsp3) is 0.611. The molecule has 2 N–H and O–H groups in total. The van der Waals surface area contributed by atoms with Crippen LogP contribution in [0.1, 0.15) is 31.9 Å². The van der Waals surface area contributed by atoms with E-state index >= 15 is 0 Å². The number of hydrogen-bond acceptors (Lipinski definition) is 4. The van der Waals surface area contributed by atoms with Crippen LogP contribution in [0.2, 0.25) is 0 Å². The van der Waals surface area contributed by atoms with Crippen molar-refractivity contribution >= 4 is 11.6 Å². The van der Waals surface area contributed by atoms with E-state index in [1.807, 2.05) is 13.0 Å². The summed E-state index contributed by atoms with van der Waals surface area (Å²) in [7, 11) is 0. The number of hydrogen-bond donors (Lipinski definition) is 2. The Morgan fingerprint density at radius 1 is 1.33 bits per heavy atom. The predicted octanol–water partition coefficient (Wildman–Crippen LogP) is 1.51. The first-order valence-corrected chi connectivity index (χ1v) is 8.89. The van der Waals surface area contributed by atoms with Gasteiger partial charge >= 0.3 is 0 Å². The Bertz CT molecular complexity index is 586. The SMILES string of the molecule is CCN1CCN(c2ccc(F)cc2C(C)NC2CCNC2=O)CC1. The minimum atomic E-state index is -0.231. The number of amides is 1. The molecule has 2 atom stereocenters. The van der Waals surface area contributed by atoms with Gasteiger partial charge in [0.05, 0.1) is 6.04 Å². The number of carbonyl (C=O) groups excluding carboxylic acids is 1. The second-order valence-corrected chi connectivity index (χ2v) is 6.65. The van der Waals surface area contributed by atoms with E-state index in [-0.39, 0.29) is 23.8 Å². The minimum absolute atomic E-state index is 0.0383. The molecule has 2 aliphatic rings. The van der Waals surface area contributed by atoms with Crippen molar-refractivity contribution < 1.29 is 9.18 Å². The summed E-state index contributed by atoms with van der Waals surface area (Å²) >= 11 is 0. The molecule has 1 aromatic carbocycles. The van der Waals surface area contributed by atoms with Crippen LogP contribution in [0.25, 0.3) is 0 Å². The lowest BCUT2D eigenvalue weighted by Crippen LogP contribution is -2.46. The lowest BCUT2D eigenvalue weighted by Gasteiger charge is -2.37. The molecule has 24 heavy (non-hydrogen) atoms. The summed E-state index contributed by atoms with van der Waals surface area (Å²) in [6.07, 6.45) is 0.781. The van der Waals surface area contributed by atoms with Gasteiger partial charge < -0.3 is 15.1 Å². The highest BCUT2D eigenvalue weighted by Gasteiger charge is 2.27. The zero-order valence-corrected chi connectivity index (χ0v) is 14.5. The van der Waals surface area contributed by atoms with Crippen molar-refractivity contribution in [3.8, 4) is 0 Å². The first-order chi connectivity index (χ1) is 11.6. The third kappa shape index (κ3) is 3.70. The molecule has 1 aromatic rings. The quantitative estimate of drug-likeness (QED) is 0.857. The third-order valence-electron chi connectivity index (χ3n) is 5.12. The molecule has 3 rings (SSSR count). The van der Waals surface area contributed by atoms with E-state index in [1.165, 1.54) is 6.07 Å². The zero-order valence-electron chi connectivity index (χ0n) is 14.5. The summed E-state index contributed by atoms with van der Waals surface area (Å²) in [5, 5.41) is 6.19. The number of anilines is 1. The van der Waals surface area contributed by atoms with Crippen LogP contribution in [-0.4, -0.2) is 56.1 Å². The molecule has 1 amide bonds. The lowest BCUT2D eigenvalue weighted by molar-refractivity contribution is -0.121. The molecular formula is C18H27FN4O. The molecule has 0 bridgehead atoms. The number of piperazine rings is 1. The van der Waals surface area contributed by atoms with Gasteiger partial charge in [-0.2, -0.15) is 0 Å². The van der Waals surface area contributed by atoms with Gasteiger partial charge in [0, 0.05) is 44.5 Å². The van der Waals surface area contributed by atoms with Crippen molar-refractivity contribution in [1.29, 1.82) is 0 Å². The zero-order chi connectivity index (χ0) is 17.1. The van der Waals surface area contributed by atoms with Gasteiger partial charge in [0.2, 0.25) is 5.91 Å². The number of nitrogens with zero attached hydrogens (tertiary/aromatic N) is 2. The van der Waals surface area contributed by atoms with Gasteiger partial charge in [0.25, 0.3) is 0 Å². The van der Waals surface area contributed by atoms with E-state index < -0.39 is 0 Å². The highest BCUT2D eigenvalue weighted by atomic mass is 19.1. The molecule has 0 aliphatic carbocycles. The second-order valence-electron chi connectivity index (χ2n) is 6.65. The van der Waals surface area contributed by atoms with Gasteiger partial charge in [-0.05, 0) is 43.7 Å². The van der Waals surface area contributed by atoms with Crippen LogP contribution in [0.4, 0.5) is 10.1 Å². The Kier molecular flexibility index (Phi) is 5.36. The molecule has 2 heterocycles. The Morgan fingerprint density at radius 2 is 2.08 bits per heavy atom. The number of rotatable bonds is 5. The number of halogens is 1. The molecule has 2 unspecified atom stereocenters. The van der Waals surface area contributed by atoms with Crippen LogP contribution in [-0.2, 0) is 4.79 Å². The Hall–Kier alpha value is -1.66. The van der Waals surface area contributed by atoms with Gasteiger partial charge in [-0.1, -0.05) is 6.92 Å². The molecular weight excluding hydrogens is 307 g/mol. The monoisotopic (exact) mass is 334 g/mol. The van der Waals surface area contributed by atoms with Crippen LogP contribution < -0.4 is 15.5 Å². The second kappa shape index (κ2) is 7.49. The summed E-state index contributed by atoms with van der Waals surface area (Å²) in [5.74, 6) is -0.193. The van der Waals surface area contributed by atoms with Gasteiger partial charge in [-0.3, -0.25) is 10.1 Å². The summed E-state index contributed by atoms with van der Waals surface area (Å²) in [5.41, 5.74) is 2.00. The summed E-state index contributed by atoms with van der Waals surface area (Å²) < 4.78 is 13.8. The van der Waals surface area contributed by atoms with Crippen LogP contribution in [0.15, 0.2) is 18.2 Å². The van der Waals surface area contributed by atoms with Crippen LogP contribution in [0.3, 0.4) is 0 Å². The van der Waals surface area contributed by atoms with Crippen molar-refractivity contribution in [2.75, 3.05) is 44.2 Å². The summed E-state index contributed by atoms with van der Waals surface area (Å²) in [6, 6.07) is 4.74. The summed E-state index contributed by atoms with van der Waals surface area (Å²) in [4.78, 5) is 16.5. The molecule has 0 saturated carbocycles. The minimum Gasteiger partial charge on any atom is -0.369 e. The standard InChI is InChI=1S/C18H27FN4O/c1-3-22-8-10-23(11-9-22)17-5-4-14(19)12-15(17)13(2)21-16-6-7-20-18(16)24/h4-5,12-13,16,21H,3,6-11H2,1-2H3,(H,20,24). The van der Waals surface area contributed by atoms with Crippen molar-refractivity contribution in [2.45, 2.75) is 32.4 Å². The molecule has 0 spiro atoms. The molecule has 2 aliphatic heterocycles. The lowest BCUT2D eigenvalue weighted by atomic mass is 10.0. The van der Waals surface area contributed by atoms with Crippen molar-refractivity contribution in [1.82, 2.24) is 15.5 Å². The highest BCUT2D eigenvalue weighted by Crippen LogP contribution is 2.29. The normalized spacial score (nSPS) is 23.4. The van der Waals surface area contributed by atoms with E-state index in [0.29, 0.717) is 6.54 Å². The van der Waals surface area contributed by atoms with Crippen molar-refractivity contribution in [2.24, 2.45) is 0 Å². The van der Waals surface area contributed by atoms with Crippen molar-refractivity contribution in [3.63, 3.8) is 0 Å². The number of likely N-dealkylation sites (N-methyl/N-ethyl adjacent to an activating group) is 1. The summed E-state index contributed by atoms with van der Waals surface area (Å²) in [6.45, 7) is 9.91. The molecule has 5 nitrogen and oxygen atoms in total. The molecule has 0 radical (unpaired) electrons. The molecule has 6 heteroatoms. The number of nitrogens with one attached hydrogen (secondary N) is 2. The fourth-order valence-corrected chi connectivity index (χ4v) is 3.61. The Labute approximate surface area is 143 Å². The average molecular weight is 334 g/mol. The number of carbonyl (C=O) groups is 1. The average Bonchev–Trinajstić information content (AvgIpc) is 3.00. The van der Waals surface area contributed by atoms with Gasteiger partial charge in [-0.25, -0.2) is 4.39 Å². The first-order valence-electron chi connectivity index (χ1n) is 8.89. The number of benzene rings is 1. The maximum Gasteiger partial charge on any atom is 0.237 e. The van der Waals surface area contributed by atoms with Crippen molar-refractivity contribution in [3.05, 3.63) is 29.6 Å². The third-order valence-corrected chi connectivity index (χ3v) is 5.12.